The van der Waals surface area contributed by atoms with Crippen molar-refractivity contribution in [3.8, 4) is 0 Å². The number of benzene rings is 3. The van der Waals surface area contributed by atoms with Gasteiger partial charge in [-0.05, 0) is 15.6 Å². The molecule has 0 radical (unpaired) electrons. The maximum atomic E-state index is 9.97. The van der Waals surface area contributed by atoms with Gasteiger partial charge in [-0.2, -0.15) is 0 Å². The van der Waals surface area contributed by atoms with Gasteiger partial charge in [0.2, 0.25) is 7.38 Å². The first-order valence-corrected chi connectivity index (χ1v) is 56.2. The molecule has 0 nitrogen and oxygen atoms in total. The summed E-state index contributed by atoms with van der Waals surface area (Å²) in [5.74, 6) is 0. The summed E-state index contributed by atoms with van der Waals surface area (Å²) in [7, 11) is -20.6. The molecule has 3 aromatic rings. The van der Waals surface area contributed by atoms with Crippen molar-refractivity contribution in [3.63, 3.8) is 0 Å². The minimum atomic E-state index is -3.39. The Balaban J connectivity index is 3.34. The molecular weight excluding hydrogens is 857 g/mol. The molecule has 3 rings (SSSR count). The fraction of sp³-hybridized carbons (Fsp3) is 0.600. The zero-order valence-corrected chi connectivity index (χ0v) is 52.6. The second-order valence-corrected chi connectivity index (χ2v) is 76.4. The highest BCUT2D eigenvalue weighted by Crippen LogP contribution is 2.22. The molecule has 0 bridgehead atoms. The Morgan fingerprint density at radius 3 is 0.446 bits per heavy atom. The lowest BCUT2D eigenvalue weighted by atomic mass is 10.3. The lowest BCUT2D eigenvalue weighted by Crippen LogP contribution is -2.89. The minimum absolute atomic E-state index is 1.67. The van der Waals surface area contributed by atoms with Crippen LogP contribution < -0.4 is 62.2 Å². The van der Waals surface area contributed by atoms with Gasteiger partial charge in [-0.1, -0.05) is 260 Å². The maximum absolute atomic E-state index is 9.97. The molecule has 0 fully saturated rings. The molecular formula is C45H87ClSi10. The van der Waals surface area contributed by atoms with E-state index in [0.717, 1.165) is 0 Å². The van der Waals surface area contributed by atoms with Gasteiger partial charge in [0.25, 0.3) is 0 Å². The Morgan fingerprint density at radius 2 is 0.339 bits per heavy atom. The smallest absolute Gasteiger partial charge is 0.149 e. The quantitative estimate of drug-likeness (QED) is 0.0990. The second-order valence-electron chi connectivity index (χ2n) is 26.6. The monoisotopic (exact) mass is 942 g/mol. The van der Waals surface area contributed by atoms with Crippen molar-refractivity contribution in [2.45, 2.75) is 177 Å². The van der Waals surface area contributed by atoms with Crippen molar-refractivity contribution in [2.24, 2.45) is 0 Å². The molecule has 0 aromatic heterocycles. The molecule has 0 unspecified atom stereocenters. The lowest BCUT2D eigenvalue weighted by molar-refractivity contribution is 1.65. The zero-order chi connectivity index (χ0) is 44.2. The molecule has 3 aromatic carbocycles. The normalized spacial score (nSPS) is 14.8. The molecule has 0 aliphatic carbocycles. The topological polar surface area (TPSA) is 0 Å². The number of rotatable bonds is 12. The van der Waals surface area contributed by atoms with Crippen LogP contribution in [0.4, 0.5) is 0 Å². The number of hydrogen-bond acceptors (Lipinski definition) is 0. The second kappa shape index (κ2) is 15.5. The van der Waals surface area contributed by atoms with Crippen molar-refractivity contribution in [3.05, 3.63) is 36.4 Å². The SMILES string of the molecule is C[Si](C)(C)c1ccc([Si](C)(C)C)c([Si](Cl)(c2c([Si](C)(C)C)ccc([Si](C)(C)C)c2[Si](C)(C)C)c2c([Si](C)(C)C)ccc([Si](C)(C)C)c2[Si](C)(C)C)c1[Si](C)(C)C. The van der Waals surface area contributed by atoms with Crippen LogP contribution in [0.5, 0.6) is 0 Å². The van der Waals surface area contributed by atoms with Crippen LogP contribution in [0.15, 0.2) is 36.4 Å². The van der Waals surface area contributed by atoms with Crippen molar-refractivity contribution < 1.29 is 0 Å². The van der Waals surface area contributed by atoms with Crippen LogP contribution in [0.25, 0.3) is 0 Å². The Bertz CT molecular complexity index is 1730. The molecule has 0 aliphatic rings. The summed E-state index contributed by atoms with van der Waals surface area (Å²) in [5, 5.41) is 20.5. The summed E-state index contributed by atoms with van der Waals surface area (Å²) in [6.07, 6.45) is 0. The lowest BCUT2D eigenvalue weighted by Gasteiger charge is -2.48. The Hall–Kier alpha value is 0.119. The van der Waals surface area contributed by atoms with E-state index in [1.165, 1.54) is 0 Å². The van der Waals surface area contributed by atoms with Gasteiger partial charge < -0.3 is 0 Å². The van der Waals surface area contributed by atoms with E-state index >= 15 is 0 Å². The van der Waals surface area contributed by atoms with Gasteiger partial charge in [0, 0.05) is 0 Å². The molecule has 0 saturated carbocycles. The van der Waals surface area contributed by atoms with E-state index in [0.29, 0.717) is 0 Å². The summed E-state index contributed by atoms with van der Waals surface area (Å²) in [6.45, 7) is 71.2. The van der Waals surface area contributed by atoms with E-state index in [1.54, 1.807) is 62.2 Å². The first-order valence-electron chi connectivity index (χ1n) is 21.7. The molecule has 0 amide bonds. The van der Waals surface area contributed by atoms with E-state index in [1.807, 2.05) is 0 Å². The van der Waals surface area contributed by atoms with Crippen LogP contribution in [0.3, 0.4) is 0 Å². The largest absolute Gasteiger partial charge is 0.247 e. The van der Waals surface area contributed by atoms with Crippen molar-refractivity contribution >= 4 is 153 Å². The van der Waals surface area contributed by atoms with Crippen LogP contribution >= 0.6 is 11.1 Å². The van der Waals surface area contributed by atoms with Gasteiger partial charge in [0.05, 0.1) is 72.7 Å². The average Bonchev–Trinajstić information content (AvgIpc) is 2.94. The standard InChI is InChI=1S/C45H87ClSi10/c1-47(2,3)34-28-31-37(50(10,11)12)43(40(34)53(19,20)21)56(46,44-38(51(13,14)15)32-29-35(48(4,5)6)41(44)54(22,23)24)45-39(52(16,17)18)33-30-36(49(7,8)9)42(45)55(25,26)27/h28-33H,1-27H3. The molecule has 11 heteroatoms. The third-order valence-electron chi connectivity index (χ3n) is 11.7. The van der Waals surface area contributed by atoms with Crippen LogP contribution in [0, 0.1) is 0 Å². The van der Waals surface area contributed by atoms with Crippen LogP contribution in [-0.4, -0.2) is 80.0 Å². The highest BCUT2D eigenvalue weighted by atomic mass is 35.6. The van der Waals surface area contributed by atoms with Gasteiger partial charge >= 0.3 is 0 Å². The summed E-state index contributed by atoms with van der Waals surface area (Å²) in [6, 6.07) is 16.0. The molecule has 0 spiro atoms. The summed E-state index contributed by atoms with van der Waals surface area (Å²) in [5.41, 5.74) is 0. The maximum Gasteiger partial charge on any atom is 0.247 e. The van der Waals surface area contributed by atoms with Crippen LogP contribution in [0.2, 0.25) is 177 Å². The average molecular weight is 945 g/mol. The summed E-state index contributed by atoms with van der Waals surface area (Å²) >= 11 is 9.97. The summed E-state index contributed by atoms with van der Waals surface area (Å²) < 4.78 is 0. The Kier molecular flexibility index (Phi) is 14.0. The van der Waals surface area contributed by atoms with Crippen molar-refractivity contribution in [1.82, 2.24) is 0 Å². The molecule has 0 atom stereocenters. The first-order chi connectivity index (χ1) is 24.4. The first kappa shape index (κ1) is 50.5. The Labute approximate surface area is 363 Å². The third-order valence-corrected chi connectivity index (χ3v) is 37.6. The molecule has 314 valence electrons. The van der Waals surface area contributed by atoms with E-state index in [9.17, 15) is 11.1 Å². The van der Waals surface area contributed by atoms with Gasteiger partial charge in [0.1, 0.15) is 0 Å². The van der Waals surface area contributed by atoms with E-state index in [4.69, 9.17) is 0 Å². The number of hydrogen-bond donors (Lipinski definition) is 0. The van der Waals surface area contributed by atoms with Crippen LogP contribution in [-0.2, 0) is 0 Å². The molecule has 0 aliphatic heterocycles. The highest BCUT2D eigenvalue weighted by Gasteiger charge is 2.55. The van der Waals surface area contributed by atoms with Crippen molar-refractivity contribution in [1.29, 1.82) is 0 Å². The van der Waals surface area contributed by atoms with Gasteiger partial charge in [0.15, 0.2) is 0 Å². The predicted molar refractivity (Wildman–Crippen MR) is 297 cm³/mol. The van der Waals surface area contributed by atoms with E-state index < -0.39 is 80.0 Å². The van der Waals surface area contributed by atoms with Crippen LogP contribution in [0.1, 0.15) is 0 Å². The van der Waals surface area contributed by atoms with Gasteiger partial charge in [-0.15, -0.1) is 11.1 Å². The fourth-order valence-corrected chi connectivity index (χ4v) is 47.8. The fourth-order valence-electron chi connectivity index (χ4n) is 9.34. The highest BCUT2D eigenvalue weighted by molar-refractivity contribution is 7.46. The zero-order valence-electron chi connectivity index (χ0n) is 41.8. The van der Waals surface area contributed by atoms with E-state index in [-0.39, 0.29) is 0 Å². The molecule has 0 saturated heterocycles. The number of halogens is 1. The van der Waals surface area contributed by atoms with Gasteiger partial charge in [-0.3, -0.25) is 0 Å². The van der Waals surface area contributed by atoms with E-state index in [2.05, 4.69) is 213 Å². The third kappa shape index (κ3) is 10.1. The molecule has 56 heavy (non-hydrogen) atoms. The summed E-state index contributed by atoms with van der Waals surface area (Å²) in [4.78, 5) is 0. The molecule has 0 N–H and O–H groups in total. The Morgan fingerprint density at radius 1 is 0.214 bits per heavy atom. The van der Waals surface area contributed by atoms with Gasteiger partial charge in [-0.25, -0.2) is 0 Å². The van der Waals surface area contributed by atoms with Crippen molar-refractivity contribution in [2.75, 3.05) is 0 Å². The minimum Gasteiger partial charge on any atom is -0.149 e. The predicted octanol–water partition coefficient (Wildman–Crippen LogP) is 7.80. The molecule has 0 heterocycles.